The van der Waals surface area contributed by atoms with Crippen LogP contribution in [0.15, 0.2) is 0 Å². The van der Waals surface area contributed by atoms with Crippen LogP contribution in [0.4, 0.5) is 5.95 Å². The lowest BCUT2D eigenvalue weighted by molar-refractivity contribution is 1.03. The Morgan fingerprint density at radius 3 is 2.00 bits per heavy atom. The second kappa shape index (κ2) is 3.68. The summed E-state index contributed by atoms with van der Waals surface area (Å²) < 4.78 is 1.66. The predicted molar refractivity (Wildman–Crippen MR) is 52.3 cm³/mol. The van der Waals surface area contributed by atoms with E-state index >= 15 is 0 Å². The first-order valence-corrected chi connectivity index (χ1v) is 4.28. The van der Waals surface area contributed by atoms with Crippen LogP contribution in [0.25, 0.3) is 0 Å². The monoisotopic (exact) mass is 304 g/mol. The third-order valence-corrected chi connectivity index (χ3v) is 1.61. The van der Waals surface area contributed by atoms with Crippen molar-refractivity contribution >= 4 is 52.0 Å². The summed E-state index contributed by atoms with van der Waals surface area (Å²) in [4.78, 5) is 11.2. The fraction of sp³-hybridized carbons (Fsp3) is 0.250. The molecule has 0 bridgehead atoms. The summed E-state index contributed by atoms with van der Waals surface area (Å²) in [5.41, 5.74) is 0. The summed E-state index contributed by atoms with van der Waals surface area (Å²) >= 11 is 13.0. The van der Waals surface area contributed by atoms with Gasteiger partial charge >= 0.3 is 0 Å². The molecule has 11 heavy (non-hydrogen) atoms. The van der Waals surface area contributed by atoms with E-state index in [1.165, 1.54) is 0 Å². The summed E-state index contributed by atoms with van der Waals surface area (Å²) in [6, 6.07) is 0. The van der Waals surface area contributed by atoms with Crippen LogP contribution >= 0.6 is 46.1 Å². The summed E-state index contributed by atoms with van der Waals surface area (Å²) in [5.74, 6) is 0.440. The van der Waals surface area contributed by atoms with Crippen molar-refractivity contribution in [1.82, 2.24) is 15.0 Å². The largest absolute Gasteiger partial charge is 0.286 e. The molecule has 0 radical (unpaired) electrons. The number of hydrogen-bond donors (Lipinski definition) is 0. The van der Waals surface area contributed by atoms with E-state index < -0.39 is 0 Å². The average molecular weight is 305 g/mol. The molecule has 7 heteroatoms. The summed E-state index contributed by atoms with van der Waals surface area (Å²) in [7, 11) is 1.78. The first kappa shape index (κ1) is 9.21. The lowest BCUT2D eigenvalue weighted by Gasteiger charge is -2.05. The Labute approximate surface area is 87.4 Å². The molecule has 0 saturated heterocycles. The molecule has 0 saturated carbocycles. The minimum absolute atomic E-state index is 0.100. The highest BCUT2D eigenvalue weighted by Crippen LogP contribution is 2.14. The van der Waals surface area contributed by atoms with Gasteiger partial charge < -0.3 is 0 Å². The first-order valence-electron chi connectivity index (χ1n) is 2.56. The Hall–Kier alpha value is 0.120. The van der Waals surface area contributed by atoms with E-state index in [-0.39, 0.29) is 10.6 Å². The van der Waals surface area contributed by atoms with Gasteiger partial charge in [0.25, 0.3) is 0 Å². The lowest BCUT2D eigenvalue weighted by Crippen LogP contribution is -2.05. The van der Waals surface area contributed by atoms with Crippen molar-refractivity contribution in [3.63, 3.8) is 0 Å². The Kier molecular flexibility index (Phi) is 3.08. The van der Waals surface area contributed by atoms with Crippen molar-refractivity contribution in [2.24, 2.45) is 0 Å². The molecule has 1 heterocycles. The van der Waals surface area contributed by atoms with E-state index in [4.69, 9.17) is 23.2 Å². The molecule has 1 aromatic rings. The van der Waals surface area contributed by atoms with Crippen LogP contribution in [0.5, 0.6) is 0 Å². The molecule has 0 spiro atoms. The van der Waals surface area contributed by atoms with Gasteiger partial charge in [0.1, 0.15) is 0 Å². The van der Waals surface area contributed by atoms with E-state index in [0.29, 0.717) is 5.95 Å². The maximum atomic E-state index is 5.52. The van der Waals surface area contributed by atoms with Crippen molar-refractivity contribution in [3.8, 4) is 0 Å². The Bertz CT molecular complexity index is 246. The van der Waals surface area contributed by atoms with E-state index in [1.807, 2.05) is 22.9 Å². The Morgan fingerprint density at radius 1 is 1.18 bits per heavy atom. The standard InChI is InChI=1S/C4H3Cl2IN4/c1-11(7)4-9-2(5)8-3(6)10-4/h1H3. The summed E-state index contributed by atoms with van der Waals surface area (Å²) in [6.45, 7) is 0. The van der Waals surface area contributed by atoms with Gasteiger partial charge in [0, 0.05) is 7.05 Å². The molecule has 0 aromatic carbocycles. The number of halogens is 3. The first-order chi connectivity index (χ1) is 5.09. The summed E-state index contributed by atoms with van der Waals surface area (Å²) in [6.07, 6.45) is 0. The molecule has 0 atom stereocenters. The second-order valence-electron chi connectivity index (χ2n) is 1.65. The van der Waals surface area contributed by atoms with Gasteiger partial charge in [0.15, 0.2) is 0 Å². The van der Waals surface area contributed by atoms with Crippen LogP contribution in [-0.2, 0) is 0 Å². The van der Waals surface area contributed by atoms with Crippen molar-refractivity contribution < 1.29 is 0 Å². The van der Waals surface area contributed by atoms with Gasteiger partial charge in [0.2, 0.25) is 16.5 Å². The fourth-order valence-electron chi connectivity index (χ4n) is 0.454. The SMILES string of the molecule is CN(I)c1nc(Cl)nc(Cl)n1. The maximum absolute atomic E-state index is 5.52. The predicted octanol–water partition coefficient (Wildman–Crippen LogP) is 1.96. The molecule has 0 unspecified atom stereocenters. The number of nitrogens with zero attached hydrogens (tertiary/aromatic N) is 4. The van der Waals surface area contributed by atoms with Gasteiger partial charge in [0.05, 0.1) is 22.9 Å². The molecular weight excluding hydrogens is 302 g/mol. The van der Waals surface area contributed by atoms with Crippen LogP contribution in [0.2, 0.25) is 10.6 Å². The lowest BCUT2D eigenvalue weighted by atomic mass is 10.9. The Balaban J connectivity index is 3.08. The molecule has 1 rings (SSSR count). The highest BCUT2D eigenvalue weighted by molar-refractivity contribution is 14.1. The van der Waals surface area contributed by atoms with Gasteiger partial charge in [-0.2, -0.15) is 15.0 Å². The number of rotatable bonds is 1. The van der Waals surface area contributed by atoms with Gasteiger partial charge in [-0.25, -0.2) is 0 Å². The van der Waals surface area contributed by atoms with Crippen LogP contribution < -0.4 is 3.11 Å². The summed E-state index contributed by atoms with van der Waals surface area (Å²) in [5, 5.41) is 0.201. The van der Waals surface area contributed by atoms with Crippen LogP contribution in [-0.4, -0.2) is 22.0 Å². The molecule has 0 N–H and O–H groups in total. The quantitative estimate of drug-likeness (QED) is 0.587. The van der Waals surface area contributed by atoms with E-state index in [2.05, 4.69) is 15.0 Å². The van der Waals surface area contributed by atoms with Gasteiger partial charge in [-0.05, 0) is 23.2 Å². The fourth-order valence-corrected chi connectivity index (χ4v) is 1.02. The molecule has 60 valence electrons. The van der Waals surface area contributed by atoms with E-state index in [1.54, 1.807) is 10.2 Å². The zero-order chi connectivity index (χ0) is 8.43. The third kappa shape index (κ3) is 2.57. The molecule has 0 aliphatic rings. The molecule has 0 amide bonds. The van der Waals surface area contributed by atoms with E-state index in [9.17, 15) is 0 Å². The molecule has 0 fully saturated rings. The van der Waals surface area contributed by atoms with Crippen LogP contribution in [0.1, 0.15) is 0 Å². The van der Waals surface area contributed by atoms with Crippen LogP contribution in [0, 0.1) is 0 Å². The highest BCUT2D eigenvalue weighted by Gasteiger charge is 2.04. The zero-order valence-corrected chi connectivity index (χ0v) is 9.09. The minimum Gasteiger partial charge on any atom is -0.286 e. The van der Waals surface area contributed by atoms with Crippen molar-refractivity contribution in [2.75, 3.05) is 10.2 Å². The van der Waals surface area contributed by atoms with Crippen molar-refractivity contribution in [1.29, 1.82) is 0 Å². The molecule has 1 aromatic heterocycles. The third-order valence-electron chi connectivity index (χ3n) is 0.845. The minimum atomic E-state index is 0.100. The molecular formula is C4H3Cl2IN4. The van der Waals surface area contributed by atoms with Crippen molar-refractivity contribution in [2.45, 2.75) is 0 Å². The molecule has 0 aliphatic carbocycles. The number of anilines is 1. The molecule has 0 aliphatic heterocycles. The Morgan fingerprint density at radius 2 is 1.64 bits per heavy atom. The number of hydrogen-bond acceptors (Lipinski definition) is 4. The van der Waals surface area contributed by atoms with Gasteiger partial charge in [-0.1, -0.05) is 0 Å². The highest BCUT2D eigenvalue weighted by atomic mass is 127. The van der Waals surface area contributed by atoms with E-state index in [0.717, 1.165) is 0 Å². The van der Waals surface area contributed by atoms with Crippen molar-refractivity contribution in [3.05, 3.63) is 10.6 Å². The van der Waals surface area contributed by atoms with Gasteiger partial charge in [-0.15, -0.1) is 0 Å². The smallest absolute Gasteiger partial charge is 0.239 e. The number of aromatic nitrogens is 3. The second-order valence-corrected chi connectivity index (χ2v) is 3.77. The maximum Gasteiger partial charge on any atom is 0.239 e. The zero-order valence-electron chi connectivity index (χ0n) is 5.42. The normalized spacial score (nSPS) is 9.82. The van der Waals surface area contributed by atoms with Gasteiger partial charge in [-0.3, -0.25) is 3.11 Å². The topological polar surface area (TPSA) is 41.9 Å². The molecule has 4 nitrogen and oxygen atoms in total. The van der Waals surface area contributed by atoms with Crippen LogP contribution in [0.3, 0.4) is 0 Å². The average Bonchev–Trinajstić information content (AvgIpc) is 1.85.